The summed E-state index contributed by atoms with van der Waals surface area (Å²) >= 11 is 0. The first kappa shape index (κ1) is 27.0. The number of hydrogen-bond donors (Lipinski definition) is 0. The summed E-state index contributed by atoms with van der Waals surface area (Å²) in [6.07, 6.45) is 5.73. The molecule has 6 rings (SSSR count). The second-order valence-electron chi connectivity index (χ2n) is 10.5. The molecule has 1 aliphatic heterocycles. The molecule has 0 saturated heterocycles. The molecule has 4 aromatic rings. The van der Waals surface area contributed by atoms with Crippen molar-refractivity contribution in [3.63, 3.8) is 0 Å². The van der Waals surface area contributed by atoms with Crippen LogP contribution >= 0.6 is 0 Å². The number of esters is 2. The lowest BCUT2D eigenvalue weighted by molar-refractivity contribution is -0.251. The Kier molecular flexibility index (Phi) is 6.83. The summed E-state index contributed by atoms with van der Waals surface area (Å²) in [5.74, 6) is -3.70. The fraction of sp³-hybridized carbons (Fsp3) is 0.139. The number of Topliss-reactive ketones (excluding diaryl/α,β-unsaturated/α-hetero) is 1. The lowest BCUT2D eigenvalue weighted by Crippen LogP contribution is -2.54. The summed E-state index contributed by atoms with van der Waals surface area (Å²) in [4.78, 5) is 41.3. The highest BCUT2D eigenvalue weighted by Gasteiger charge is 2.76. The minimum Gasteiger partial charge on any atom is -0.444 e. The van der Waals surface area contributed by atoms with Crippen molar-refractivity contribution in [1.82, 2.24) is 0 Å². The van der Waals surface area contributed by atoms with Gasteiger partial charge in [-0.05, 0) is 40.8 Å². The summed E-state index contributed by atoms with van der Waals surface area (Å²) in [7, 11) is 0. The van der Waals surface area contributed by atoms with E-state index in [0.717, 1.165) is 16.7 Å². The summed E-state index contributed by atoms with van der Waals surface area (Å²) < 4.78 is 18.7. The average molecular weight is 557 g/mol. The van der Waals surface area contributed by atoms with Crippen LogP contribution < -0.4 is 4.74 Å². The second kappa shape index (κ2) is 10.6. The molecule has 0 radical (unpaired) electrons. The van der Waals surface area contributed by atoms with Gasteiger partial charge in [-0.2, -0.15) is 0 Å². The zero-order valence-corrected chi connectivity index (χ0v) is 23.2. The van der Waals surface area contributed by atoms with Crippen molar-refractivity contribution in [2.24, 2.45) is 0 Å². The predicted molar refractivity (Wildman–Crippen MR) is 158 cm³/mol. The van der Waals surface area contributed by atoms with Crippen LogP contribution in [0.5, 0.6) is 5.75 Å². The van der Waals surface area contributed by atoms with Crippen molar-refractivity contribution < 1.29 is 28.6 Å². The van der Waals surface area contributed by atoms with Gasteiger partial charge in [0, 0.05) is 17.7 Å². The van der Waals surface area contributed by atoms with Crippen molar-refractivity contribution in [3.8, 4) is 5.75 Å². The molecular formula is C36H28O6. The third kappa shape index (κ3) is 4.41. The first-order valence-corrected chi connectivity index (χ1v) is 13.7. The molecule has 0 saturated carbocycles. The average Bonchev–Trinajstić information content (AvgIpc) is 3.38. The van der Waals surface area contributed by atoms with Crippen LogP contribution in [-0.4, -0.2) is 17.7 Å². The van der Waals surface area contributed by atoms with E-state index in [1.165, 1.54) is 12.2 Å². The van der Waals surface area contributed by atoms with Crippen molar-refractivity contribution in [1.29, 1.82) is 0 Å². The maximum absolute atomic E-state index is 14.4. The molecule has 6 heteroatoms. The molecule has 2 unspecified atom stereocenters. The lowest BCUT2D eigenvalue weighted by atomic mass is 9.85. The normalized spacial score (nSPS) is 20.3. The van der Waals surface area contributed by atoms with Crippen LogP contribution in [0.2, 0.25) is 0 Å². The van der Waals surface area contributed by atoms with Gasteiger partial charge in [-0.25, -0.2) is 9.59 Å². The third-order valence-corrected chi connectivity index (χ3v) is 7.54. The van der Waals surface area contributed by atoms with Crippen molar-refractivity contribution >= 4 is 29.9 Å². The number of rotatable bonds is 7. The first-order valence-electron chi connectivity index (χ1n) is 13.7. The Morgan fingerprint density at radius 3 is 1.90 bits per heavy atom. The molecule has 0 N–H and O–H groups in total. The topological polar surface area (TPSA) is 78.9 Å². The van der Waals surface area contributed by atoms with Crippen LogP contribution in [-0.2, 0) is 30.5 Å². The van der Waals surface area contributed by atoms with Crippen LogP contribution in [0.4, 0.5) is 0 Å². The smallest absolute Gasteiger partial charge is 0.334 e. The largest absolute Gasteiger partial charge is 0.444 e. The highest BCUT2D eigenvalue weighted by atomic mass is 16.8. The van der Waals surface area contributed by atoms with Gasteiger partial charge < -0.3 is 14.2 Å². The molecule has 0 amide bonds. The standard InChI is InChI=1S/C36H28O6/c1-24(2)27-19-20-30-31(23-27)40-36(42-33(38)22-18-26-13-7-4-8-14-26)29-16-10-9-15-28(29)34(39)35(30,36)41-32(37)21-17-25-11-5-3-6-12-25/h3-24H,1-2H3. The number of carbonyl (C=O) groups is 3. The van der Waals surface area contributed by atoms with E-state index in [1.807, 2.05) is 80.6 Å². The van der Waals surface area contributed by atoms with Crippen LogP contribution in [0.1, 0.15) is 57.9 Å². The molecule has 0 fully saturated rings. The van der Waals surface area contributed by atoms with E-state index in [2.05, 4.69) is 0 Å². The maximum Gasteiger partial charge on any atom is 0.334 e. The Morgan fingerprint density at radius 2 is 1.29 bits per heavy atom. The zero-order chi connectivity index (χ0) is 29.3. The quantitative estimate of drug-likeness (QED) is 0.181. The monoisotopic (exact) mass is 556 g/mol. The molecule has 2 aliphatic rings. The molecule has 208 valence electrons. The zero-order valence-electron chi connectivity index (χ0n) is 23.2. The van der Waals surface area contributed by atoms with Gasteiger partial charge in [0.15, 0.2) is 0 Å². The Morgan fingerprint density at radius 1 is 0.714 bits per heavy atom. The summed E-state index contributed by atoms with van der Waals surface area (Å²) in [6, 6.07) is 30.6. The third-order valence-electron chi connectivity index (χ3n) is 7.54. The van der Waals surface area contributed by atoms with Gasteiger partial charge in [-0.3, -0.25) is 4.79 Å². The van der Waals surface area contributed by atoms with Crippen molar-refractivity contribution in [2.45, 2.75) is 31.2 Å². The highest BCUT2D eigenvalue weighted by Crippen LogP contribution is 2.62. The molecule has 1 aliphatic carbocycles. The van der Waals surface area contributed by atoms with Crippen molar-refractivity contribution in [2.75, 3.05) is 0 Å². The van der Waals surface area contributed by atoms with E-state index in [4.69, 9.17) is 14.2 Å². The molecule has 2 atom stereocenters. The Bertz CT molecular complexity index is 1740. The van der Waals surface area contributed by atoms with Gasteiger partial charge >= 0.3 is 17.7 Å². The van der Waals surface area contributed by atoms with Crippen LogP contribution in [0.3, 0.4) is 0 Å². The predicted octanol–water partition coefficient (Wildman–Crippen LogP) is 6.96. The molecular weight excluding hydrogens is 528 g/mol. The molecule has 0 bridgehead atoms. The molecule has 42 heavy (non-hydrogen) atoms. The fourth-order valence-corrected chi connectivity index (χ4v) is 5.49. The van der Waals surface area contributed by atoms with Gasteiger partial charge in [0.05, 0.1) is 11.1 Å². The van der Waals surface area contributed by atoms with Gasteiger partial charge in [-0.1, -0.05) is 111 Å². The molecule has 6 nitrogen and oxygen atoms in total. The maximum atomic E-state index is 14.4. The minimum atomic E-state index is -2.10. The molecule has 1 heterocycles. The highest BCUT2D eigenvalue weighted by molar-refractivity contribution is 6.11. The lowest BCUT2D eigenvalue weighted by Gasteiger charge is -2.36. The number of hydrogen-bond acceptors (Lipinski definition) is 6. The summed E-state index contributed by atoms with van der Waals surface area (Å²) in [5, 5.41) is 0. The van der Waals surface area contributed by atoms with Crippen molar-refractivity contribution in [3.05, 3.63) is 149 Å². The molecule has 4 aromatic carbocycles. The Balaban J connectivity index is 1.48. The first-order chi connectivity index (χ1) is 20.3. The van der Waals surface area contributed by atoms with Gasteiger partial charge in [0.25, 0.3) is 5.60 Å². The van der Waals surface area contributed by atoms with Gasteiger partial charge in [0.1, 0.15) is 5.75 Å². The Labute approximate surface area is 243 Å². The number of benzene rings is 4. The molecule has 0 aromatic heterocycles. The van der Waals surface area contributed by atoms with Gasteiger partial charge in [0.2, 0.25) is 5.78 Å². The second-order valence-corrected chi connectivity index (χ2v) is 10.5. The number of fused-ring (bicyclic) bond motifs is 5. The van der Waals surface area contributed by atoms with E-state index in [0.29, 0.717) is 16.9 Å². The van der Waals surface area contributed by atoms with Crippen LogP contribution in [0, 0.1) is 0 Å². The number of ketones is 1. The fourth-order valence-electron chi connectivity index (χ4n) is 5.49. The van der Waals surface area contributed by atoms with E-state index in [1.54, 1.807) is 48.6 Å². The van der Waals surface area contributed by atoms with Crippen LogP contribution in [0.25, 0.3) is 12.2 Å². The van der Waals surface area contributed by atoms with E-state index in [-0.39, 0.29) is 11.5 Å². The van der Waals surface area contributed by atoms with Crippen LogP contribution in [0.15, 0.2) is 115 Å². The van der Waals surface area contributed by atoms with E-state index >= 15 is 0 Å². The SMILES string of the molecule is CC(C)c1ccc2c(c1)OC1(OC(=O)C=Cc3ccccc3)c3ccccc3C(=O)C21OC(=O)C=Cc1ccccc1. The minimum absolute atomic E-state index is 0.155. The van der Waals surface area contributed by atoms with E-state index < -0.39 is 29.1 Å². The number of ether oxygens (including phenoxy) is 3. The number of carbonyl (C=O) groups excluding carboxylic acids is 3. The summed E-state index contributed by atoms with van der Waals surface area (Å²) in [6.45, 7) is 4.07. The Hall–Kier alpha value is -5.23. The van der Waals surface area contributed by atoms with Gasteiger partial charge in [-0.15, -0.1) is 0 Å². The van der Waals surface area contributed by atoms with E-state index in [9.17, 15) is 14.4 Å². The molecule has 0 spiro atoms. The summed E-state index contributed by atoms with van der Waals surface area (Å²) in [5.41, 5.74) is 1.28.